The molecule has 0 bridgehead atoms. The Labute approximate surface area is 124 Å². The Balaban J connectivity index is 2.15. The molecule has 0 radical (unpaired) electrons. The molecule has 0 saturated carbocycles. The van der Waals surface area contributed by atoms with E-state index in [0.29, 0.717) is 6.04 Å². The molecule has 2 rings (SSSR count). The summed E-state index contributed by atoms with van der Waals surface area (Å²) in [7, 11) is 4.13. The van der Waals surface area contributed by atoms with Gasteiger partial charge in [-0.05, 0) is 54.6 Å². The topological polar surface area (TPSA) is 23.6 Å². The van der Waals surface area contributed by atoms with Gasteiger partial charge in [-0.2, -0.15) is 0 Å². The van der Waals surface area contributed by atoms with Crippen LogP contribution in [0.4, 0.5) is 0 Å². The van der Waals surface area contributed by atoms with Crippen molar-refractivity contribution >= 4 is 37.8 Å². The van der Waals surface area contributed by atoms with Gasteiger partial charge >= 0.3 is 0 Å². The van der Waals surface area contributed by atoms with Gasteiger partial charge in [-0.25, -0.2) is 0 Å². The summed E-state index contributed by atoms with van der Waals surface area (Å²) in [6.45, 7) is 1.64. The Hall–Kier alpha value is -0.390. The van der Waals surface area contributed by atoms with E-state index < -0.39 is 0 Å². The Morgan fingerprint density at radius 3 is 2.72 bits per heavy atom. The van der Waals surface area contributed by atoms with E-state index >= 15 is 0 Å². The number of carbonyl (C=O) groups is 1. The van der Waals surface area contributed by atoms with Crippen LogP contribution in [-0.4, -0.2) is 48.9 Å². The fourth-order valence-corrected chi connectivity index (χ4v) is 2.96. The van der Waals surface area contributed by atoms with Gasteiger partial charge in [-0.1, -0.05) is 15.9 Å². The van der Waals surface area contributed by atoms with Crippen LogP contribution in [0.5, 0.6) is 0 Å². The first-order valence-electron chi connectivity index (χ1n) is 5.90. The molecule has 1 fully saturated rings. The highest BCUT2D eigenvalue weighted by atomic mass is 79.9. The maximum absolute atomic E-state index is 12.4. The molecule has 5 heteroatoms. The van der Waals surface area contributed by atoms with Gasteiger partial charge in [0.05, 0.1) is 5.56 Å². The summed E-state index contributed by atoms with van der Waals surface area (Å²) in [6.07, 6.45) is 1.05. The van der Waals surface area contributed by atoms with Crippen LogP contribution in [0.3, 0.4) is 0 Å². The molecule has 1 unspecified atom stereocenters. The van der Waals surface area contributed by atoms with Crippen LogP contribution in [0.25, 0.3) is 0 Å². The molecule has 1 amide bonds. The van der Waals surface area contributed by atoms with E-state index in [-0.39, 0.29) is 5.91 Å². The van der Waals surface area contributed by atoms with Crippen LogP contribution in [-0.2, 0) is 0 Å². The number of amides is 1. The SMILES string of the molecule is CN(C)C1CCN(C(=O)c2cc(Br)ccc2Br)C1. The van der Waals surface area contributed by atoms with Crippen molar-refractivity contribution in [2.45, 2.75) is 12.5 Å². The van der Waals surface area contributed by atoms with E-state index in [4.69, 9.17) is 0 Å². The lowest BCUT2D eigenvalue weighted by Gasteiger charge is -2.21. The molecule has 1 heterocycles. The number of carbonyl (C=O) groups excluding carboxylic acids is 1. The number of likely N-dealkylation sites (tertiary alicyclic amines) is 1. The fraction of sp³-hybridized carbons (Fsp3) is 0.462. The number of benzene rings is 1. The van der Waals surface area contributed by atoms with Gasteiger partial charge < -0.3 is 9.80 Å². The second kappa shape index (κ2) is 5.72. The molecule has 0 N–H and O–H groups in total. The molecule has 1 aliphatic rings. The molecule has 98 valence electrons. The lowest BCUT2D eigenvalue weighted by atomic mass is 10.2. The third-order valence-corrected chi connectivity index (χ3v) is 4.52. The molecule has 1 aliphatic heterocycles. The zero-order chi connectivity index (χ0) is 13.3. The second-order valence-electron chi connectivity index (χ2n) is 4.78. The van der Waals surface area contributed by atoms with E-state index in [1.165, 1.54) is 0 Å². The second-order valence-corrected chi connectivity index (χ2v) is 6.55. The standard InChI is InChI=1S/C13H16Br2N2O/c1-16(2)10-5-6-17(8-10)13(18)11-7-9(14)3-4-12(11)15/h3-4,7,10H,5-6,8H2,1-2H3. The highest BCUT2D eigenvalue weighted by Crippen LogP contribution is 2.25. The van der Waals surface area contributed by atoms with E-state index in [9.17, 15) is 4.79 Å². The van der Waals surface area contributed by atoms with Crippen LogP contribution >= 0.6 is 31.9 Å². The first-order chi connectivity index (χ1) is 8.49. The molecule has 1 aromatic carbocycles. The summed E-state index contributed by atoms with van der Waals surface area (Å²) in [5, 5.41) is 0. The van der Waals surface area contributed by atoms with E-state index in [1.54, 1.807) is 0 Å². The molecular weight excluding hydrogens is 360 g/mol. The molecule has 0 spiro atoms. The van der Waals surface area contributed by atoms with Crippen molar-refractivity contribution in [1.82, 2.24) is 9.80 Å². The molecule has 18 heavy (non-hydrogen) atoms. The number of rotatable bonds is 2. The minimum absolute atomic E-state index is 0.104. The van der Waals surface area contributed by atoms with E-state index in [1.807, 2.05) is 23.1 Å². The monoisotopic (exact) mass is 374 g/mol. The average molecular weight is 376 g/mol. The Kier molecular flexibility index (Phi) is 4.45. The molecule has 1 saturated heterocycles. The van der Waals surface area contributed by atoms with Gasteiger partial charge in [0.2, 0.25) is 0 Å². The molecule has 0 aliphatic carbocycles. The maximum atomic E-state index is 12.4. The minimum Gasteiger partial charge on any atom is -0.337 e. The summed E-state index contributed by atoms with van der Waals surface area (Å²) in [5.41, 5.74) is 0.726. The predicted octanol–water partition coefficient (Wildman–Crippen LogP) is 2.99. The van der Waals surface area contributed by atoms with Gasteiger partial charge in [0.1, 0.15) is 0 Å². The lowest BCUT2D eigenvalue weighted by Crippen LogP contribution is -2.34. The van der Waals surface area contributed by atoms with Gasteiger partial charge in [0, 0.05) is 28.1 Å². The van der Waals surface area contributed by atoms with Gasteiger partial charge in [-0.15, -0.1) is 0 Å². The molecule has 1 aromatic rings. The van der Waals surface area contributed by atoms with Crippen LogP contribution in [0, 0.1) is 0 Å². The first-order valence-corrected chi connectivity index (χ1v) is 7.48. The lowest BCUT2D eigenvalue weighted by molar-refractivity contribution is 0.0782. The van der Waals surface area contributed by atoms with Crippen LogP contribution in [0.15, 0.2) is 27.1 Å². The molecular formula is C13H16Br2N2O. The summed E-state index contributed by atoms with van der Waals surface area (Å²) in [4.78, 5) is 16.6. The normalized spacial score (nSPS) is 19.6. The molecule has 1 atom stereocenters. The highest BCUT2D eigenvalue weighted by molar-refractivity contribution is 9.11. The van der Waals surface area contributed by atoms with Gasteiger partial charge in [0.25, 0.3) is 5.91 Å². The number of likely N-dealkylation sites (N-methyl/N-ethyl adjacent to an activating group) is 1. The quantitative estimate of drug-likeness (QED) is 0.793. The average Bonchev–Trinajstić information content (AvgIpc) is 2.81. The van der Waals surface area contributed by atoms with E-state index in [2.05, 4.69) is 50.9 Å². The van der Waals surface area contributed by atoms with Gasteiger partial charge in [0.15, 0.2) is 0 Å². The number of hydrogen-bond acceptors (Lipinski definition) is 2. The number of nitrogens with zero attached hydrogens (tertiary/aromatic N) is 2. The van der Waals surface area contributed by atoms with Crippen molar-refractivity contribution in [3.05, 3.63) is 32.7 Å². The largest absolute Gasteiger partial charge is 0.337 e. The Morgan fingerprint density at radius 1 is 1.39 bits per heavy atom. The smallest absolute Gasteiger partial charge is 0.255 e. The number of hydrogen-bond donors (Lipinski definition) is 0. The Morgan fingerprint density at radius 2 is 2.11 bits per heavy atom. The van der Waals surface area contributed by atoms with Crippen molar-refractivity contribution in [3.8, 4) is 0 Å². The highest BCUT2D eigenvalue weighted by Gasteiger charge is 2.28. The fourth-order valence-electron chi connectivity index (χ4n) is 2.18. The van der Waals surface area contributed by atoms with Crippen LogP contribution in [0.2, 0.25) is 0 Å². The van der Waals surface area contributed by atoms with Crippen molar-refractivity contribution in [1.29, 1.82) is 0 Å². The zero-order valence-electron chi connectivity index (χ0n) is 10.5. The van der Waals surface area contributed by atoms with Gasteiger partial charge in [-0.3, -0.25) is 4.79 Å². The maximum Gasteiger partial charge on any atom is 0.255 e. The number of halogens is 2. The summed E-state index contributed by atoms with van der Waals surface area (Å²) in [6, 6.07) is 6.17. The summed E-state index contributed by atoms with van der Waals surface area (Å²) in [5.74, 6) is 0.104. The van der Waals surface area contributed by atoms with Crippen molar-refractivity contribution in [2.24, 2.45) is 0 Å². The van der Waals surface area contributed by atoms with E-state index in [0.717, 1.165) is 34.0 Å². The molecule has 3 nitrogen and oxygen atoms in total. The van der Waals surface area contributed by atoms with Crippen molar-refractivity contribution in [3.63, 3.8) is 0 Å². The molecule has 0 aromatic heterocycles. The van der Waals surface area contributed by atoms with Crippen LogP contribution in [0.1, 0.15) is 16.8 Å². The summed E-state index contributed by atoms with van der Waals surface area (Å²) >= 11 is 6.85. The van der Waals surface area contributed by atoms with Crippen molar-refractivity contribution < 1.29 is 4.79 Å². The third kappa shape index (κ3) is 2.95. The van der Waals surface area contributed by atoms with Crippen molar-refractivity contribution in [2.75, 3.05) is 27.2 Å². The Bertz CT molecular complexity index is 462. The van der Waals surface area contributed by atoms with Crippen LogP contribution < -0.4 is 0 Å². The minimum atomic E-state index is 0.104. The zero-order valence-corrected chi connectivity index (χ0v) is 13.7. The predicted molar refractivity (Wildman–Crippen MR) is 79.8 cm³/mol. The summed E-state index contributed by atoms with van der Waals surface area (Å²) < 4.78 is 1.78. The first kappa shape index (κ1) is 14.0. The third-order valence-electron chi connectivity index (χ3n) is 3.34.